The van der Waals surface area contributed by atoms with Crippen LogP contribution in [0.1, 0.15) is 41.6 Å². The third kappa shape index (κ3) is 5.07. The summed E-state index contributed by atoms with van der Waals surface area (Å²) >= 11 is 0. The van der Waals surface area contributed by atoms with E-state index < -0.39 is 6.43 Å². The average molecular weight is 476 g/mol. The van der Waals surface area contributed by atoms with E-state index >= 15 is 0 Å². The first-order valence-corrected chi connectivity index (χ1v) is 10.7. The highest BCUT2D eigenvalue weighted by Gasteiger charge is 2.19. The minimum atomic E-state index is -2.69. The van der Waals surface area contributed by atoms with Gasteiger partial charge in [0.1, 0.15) is 17.4 Å². The maximum atomic E-state index is 13.4. The van der Waals surface area contributed by atoms with Gasteiger partial charge in [0.15, 0.2) is 0 Å². The summed E-state index contributed by atoms with van der Waals surface area (Å²) in [7, 11) is 0. The smallest absolute Gasteiger partial charge is 0.267 e. The van der Waals surface area contributed by atoms with Crippen molar-refractivity contribution in [2.45, 2.75) is 25.9 Å². The van der Waals surface area contributed by atoms with Crippen molar-refractivity contribution in [3.8, 4) is 17.5 Å². The van der Waals surface area contributed by atoms with Crippen molar-refractivity contribution in [2.24, 2.45) is 5.73 Å². The van der Waals surface area contributed by atoms with Crippen LogP contribution < -0.4 is 16.4 Å². The second-order valence-corrected chi connectivity index (χ2v) is 7.76. The summed E-state index contributed by atoms with van der Waals surface area (Å²) in [6, 6.07) is 12.3. The molecule has 0 aliphatic rings. The Kier molecular flexibility index (Phi) is 6.93. The normalized spacial score (nSPS) is 11.9. The summed E-state index contributed by atoms with van der Waals surface area (Å²) in [5.74, 6) is 0.0152. The lowest BCUT2D eigenvalue weighted by molar-refractivity contribution is -0.119. The number of nitrogens with one attached hydrogen (secondary N) is 2. The van der Waals surface area contributed by atoms with E-state index in [0.29, 0.717) is 12.2 Å². The number of hydrogen-bond acceptors (Lipinski definition) is 7. The number of nitriles is 1. The topological polar surface area (TPSA) is 134 Å². The highest BCUT2D eigenvalue weighted by Crippen LogP contribution is 2.29. The van der Waals surface area contributed by atoms with Crippen molar-refractivity contribution in [3.63, 3.8) is 0 Å². The van der Waals surface area contributed by atoms with Crippen molar-refractivity contribution < 1.29 is 13.6 Å². The van der Waals surface area contributed by atoms with Crippen LogP contribution in [-0.4, -0.2) is 31.8 Å². The lowest BCUT2D eigenvalue weighted by Crippen LogP contribution is -2.29. The number of imidazole rings is 1. The van der Waals surface area contributed by atoms with Gasteiger partial charge in [-0.15, -0.1) is 0 Å². The lowest BCUT2D eigenvalue weighted by atomic mass is 10.1. The molecule has 0 unspecified atom stereocenters. The largest absolute Gasteiger partial charge is 0.351 e. The van der Waals surface area contributed by atoms with Crippen LogP contribution in [0.3, 0.4) is 0 Å². The molecule has 1 aromatic carbocycles. The highest BCUT2D eigenvalue weighted by atomic mass is 19.3. The minimum Gasteiger partial charge on any atom is -0.351 e. The molecular weight excluding hydrogens is 454 g/mol. The highest BCUT2D eigenvalue weighted by molar-refractivity contribution is 5.77. The average Bonchev–Trinajstić information content (AvgIpc) is 3.31. The van der Waals surface area contributed by atoms with Crippen molar-refractivity contribution in [1.29, 1.82) is 5.26 Å². The number of benzene rings is 1. The van der Waals surface area contributed by atoms with Gasteiger partial charge < -0.3 is 16.4 Å². The molecule has 1 atom stereocenters. The number of carbonyl (C=O) groups excluding carboxylic acids is 1. The lowest BCUT2D eigenvalue weighted by Gasteiger charge is -2.16. The van der Waals surface area contributed by atoms with Gasteiger partial charge in [-0.2, -0.15) is 5.26 Å². The van der Waals surface area contributed by atoms with Crippen molar-refractivity contribution >= 4 is 17.5 Å². The fraction of sp³-hybridized carbons (Fsp3) is 0.208. The number of pyridine rings is 1. The second-order valence-electron chi connectivity index (χ2n) is 7.76. The Morgan fingerprint density at radius 1 is 1.23 bits per heavy atom. The first kappa shape index (κ1) is 23.7. The van der Waals surface area contributed by atoms with Crippen LogP contribution in [0.2, 0.25) is 0 Å². The van der Waals surface area contributed by atoms with E-state index in [1.54, 1.807) is 6.20 Å². The Labute approximate surface area is 199 Å². The van der Waals surface area contributed by atoms with E-state index in [4.69, 9.17) is 5.73 Å². The number of fused-ring (bicyclic) bond motifs is 1. The zero-order valence-corrected chi connectivity index (χ0v) is 18.7. The summed E-state index contributed by atoms with van der Waals surface area (Å²) in [6.07, 6.45) is 1.70. The van der Waals surface area contributed by atoms with Gasteiger partial charge in [-0.05, 0) is 30.2 Å². The molecule has 4 aromatic rings. The number of halogens is 2. The summed E-state index contributed by atoms with van der Waals surface area (Å²) < 4.78 is 28.3. The third-order valence-corrected chi connectivity index (χ3v) is 5.42. The van der Waals surface area contributed by atoms with Gasteiger partial charge in [0, 0.05) is 12.7 Å². The molecule has 4 rings (SSSR count). The molecule has 0 aliphatic carbocycles. The van der Waals surface area contributed by atoms with Crippen LogP contribution in [-0.2, 0) is 11.3 Å². The summed E-state index contributed by atoms with van der Waals surface area (Å²) in [4.78, 5) is 24.3. The molecule has 0 aliphatic heterocycles. The number of alkyl halides is 2. The number of hydrogen-bond donors (Lipinski definition) is 3. The van der Waals surface area contributed by atoms with Crippen LogP contribution in [0.25, 0.3) is 17.0 Å². The molecule has 9 nitrogen and oxygen atoms in total. The molecule has 3 aromatic heterocycles. The standard InChI is InChI=1S/C24H22F2N8O/c1-14(16-5-2-4-15(8-16)11-29-20(35)10-28)32-24-31-12-17(9-27)21(33-24)19-13-30-23-18(22(25)26)6-3-7-34(19)23/h2-8,12-14,22H,10-11,28H2,1H3,(H,29,35)(H,31,32,33)/t14-/m0/s1. The molecule has 11 heteroatoms. The summed E-state index contributed by atoms with van der Waals surface area (Å²) in [5, 5.41) is 15.5. The zero-order chi connectivity index (χ0) is 24.9. The summed E-state index contributed by atoms with van der Waals surface area (Å²) in [5.41, 5.74) is 7.90. The molecule has 0 saturated carbocycles. The first-order valence-electron chi connectivity index (χ1n) is 10.7. The predicted octanol–water partition coefficient (Wildman–Crippen LogP) is 3.35. The first-order chi connectivity index (χ1) is 16.9. The second kappa shape index (κ2) is 10.2. The number of aromatic nitrogens is 4. The fourth-order valence-electron chi connectivity index (χ4n) is 3.63. The van der Waals surface area contributed by atoms with E-state index in [1.165, 1.54) is 28.9 Å². The SMILES string of the molecule is C[C@H](Nc1ncc(C#N)c(-c2cnc3c(C(F)F)cccn23)n1)c1cccc(CNC(=O)CN)c1. The van der Waals surface area contributed by atoms with Gasteiger partial charge in [0.25, 0.3) is 6.43 Å². The molecule has 35 heavy (non-hydrogen) atoms. The monoisotopic (exact) mass is 476 g/mol. The fourth-order valence-corrected chi connectivity index (χ4v) is 3.63. The van der Waals surface area contributed by atoms with Crippen molar-refractivity contribution in [2.75, 3.05) is 11.9 Å². The van der Waals surface area contributed by atoms with Gasteiger partial charge in [-0.25, -0.2) is 23.7 Å². The zero-order valence-electron chi connectivity index (χ0n) is 18.7. The predicted molar refractivity (Wildman–Crippen MR) is 125 cm³/mol. The Balaban J connectivity index is 1.62. The van der Waals surface area contributed by atoms with Crippen LogP contribution in [0.15, 0.2) is 55.0 Å². The minimum absolute atomic E-state index is 0.0774. The number of rotatable bonds is 8. The molecule has 0 radical (unpaired) electrons. The van der Waals surface area contributed by atoms with Crippen LogP contribution >= 0.6 is 0 Å². The summed E-state index contributed by atoms with van der Waals surface area (Å²) in [6.45, 7) is 2.19. The molecule has 1 amide bonds. The van der Waals surface area contributed by atoms with Gasteiger partial charge in [-0.1, -0.05) is 24.3 Å². The molecule has 3 heterocycles. The van der Waals surface area contributed by atoms with Crippen molar-refractivity contribution in [3.05, 3.63) is 77.2 Å². The Bertz CT molecular complexity index is 1410. The Morgan fingerprint density at radius 3 is 2.80 bits per heavy atom. The molecule has 0 fully saturated rings. The van der Waals surface area contributed by atoms with E-state index in [2.05, 4.69) is 25.6 Å². The molecule has 0 spiro atoms. The van der Waals surface area contributed by atoms with E-state index in [0.717, 1.165) is 11.1 Å². The van der Waals surface area contributed by atoms with Crippen LogP contribution in [0.5, 0.6) is 0 Å². The van der Waals surface area contributed by atoms with Gasteiger partial charge in [0.05, 0.1) is 41.8 Å². The third-order valence-electron chi connectivity index (χ3n) is 5.42. The Hall–Kier alpha value is -4.43. The van der Waals surface area contributed by atoms with Crippen molar-refractivity contribution in [1.82, 2.24) is 24.7 Å². The van der Waals surface area contributed by atoms with Gasteiger partial charge >= 0.3 is 0 Å². The van der Waals surface area contributed by atoms with Crippen LogP contribution in [0.4, 0.5) is 14.7 Å². The van der Waals surface area contributed by atoms with Crippen LogP contribution in [0, 0.1) is 11.3 Å². The molecule has 178 valence electrons. The maximum Gasteiger partial charge on any atom is 0.267 e. The van der Waals surface area contributed by atoms with Gasteiger partial charge in [-0.3, -0.25) is 9.20 Å². The number of amides is 1. The molecule has 0 bridgehead atoms. The molecule has 0 saturated heterocycles. The quantitative estimate of drug-likeness (QED) is 0.355. The number of nitrogens with two attached hydrogens (primary N) is 1. The number of anilines is 1. The number of nitrogens with zero attached hydrogens (tertiary/aromatic N) is 5. The molecule has 4 N–H and O–H groups in total. The number of carbonyl (C=O) groups is 1. The van der Waals surface area contributed by atoms with E-state index in [1.807, 2.05) is 37.3 Å². The van der Waals surface area contributed by atoms with Gasteiger partial charge in [0.2, 0.25) is 11.9 Å². The maximum absolute atomic E-state index is 13.4. The molecular formula is C24H22F2N8O. The Morgan fingerprint density at radius 2 is 2.06 bits per heavy atom. The van der Waals surface area contributed by atoms with E-state index in [9.17, 15) is 18.8 Å². The van der Waals surface area contributed by atoms with E-state index in [-0.39, 0.29) is 46.9 Å².